The maximum absolute atomic E-state index is 12.3. The lowest BCUT2D eigenvalue weighted by atomic mass is 10.1. The molecule has 4 rings (SSSR count). The summed E-state index contributed by atoms with van der Waals surface area (Å²) in [6, 6.07) is 19.2. The number of halogens is 1. The number of nitrogens with zero attached hydrogens (tertiary/aromatic N) is 2. The van der Waals surface area contributed by atoms with Crippen molar-refractivity contribution in [2.24, 2.45) is 0 Å². The summed E-state index contributed by atoms with van der Waals surface area (Å²) in [6.45, 7) is 0.459. The van der Waals surface area contributed by atoms with E-state index in [0.29, 0.717) is 17.5 Å². The van der Waals surface area contributed by atoms with E-state index in [0.717, 1.165) is 33.6 Å². The third-order valence-corrected chi connectivity index (χ3v) is 4.93. The van der Waals surface area contributed by atoms with Gasteiger partial charge < -0.3 is 16.0 Å². The van der Waals surface area contributed by atoms with Gasteiger partial charge in [0.1, 0.15) is 0 Å². The van der Waals surface area contributed by atoms with Gasteiger partial charge in [-0.3, -0.25) is 9.78 Å². The number of nitrogens with one attached hydrogen (secondary N) is 2. The van der Waals surface area contributed by atoms with Gasteiger partial charge in [0.15, 0.2) is 5.95 Å². The zero-order valence-corrected chi connectivity index (χ0v) is 16.9. The minimum Gasteiger partial charge on any atom is -0.369 e. The Labute approximate surface area is 179 Å². The molecule has 0 bridgehead atoms. The number of aromatic nitrogens is 3. The lowest BCUT2D eigenvalue weighted by Crippen LogP contribution is -2.24. The maximum Gasteiger partial charge on any atom is 0.224 e. The number of carbonyl (C=O) groups excluding carboxylic acids is 1. The molecule has 0 saturated heterocycles. The molecule has 0 aliphatic rings. The van der Waals surface area contributed by atoms with Gasteiger partial charge in [0.05, 0.1) is 24.0 Å². The Bertz CT molecular complexity index is 1140. The van der Waals surface area contributed by atoms with Gasteiger partial charge in [-0.1, -0.05) is 54.1 Å². The average Bonchev–Trinajstić information content (AvgIpc) is 3.20. The summed E-state index contributed by atoms with van der Waals surface area (Å²) in [5, 5.41) is 3.63. The zero-order valence-electron chi connectivity index (χ0n) is 16.1. The number of imidazole rings is 1. The molecule has 0 aliphatic heterocycles. The van der Waals surface area contributed by atoms with Crippen LogP contribution in [0.1, 0.15) is 11.1 Å². The summed E-state index contributed by atoms with van der Waals surface area (Å²) in [6.07, 6.45) is 3.70. The van der Waals surface area contributed by atoms with Crippen molar-refractivity contribution in [1.82, 2.24) is 20.3 Å². The van der Waals surface area contributed by atoms with Crippen LogP contribution in [0.2, 0.25) is 5.02 Å². The third-order valence-electron chi connectivity index (χ3n) is 4.68. The number of hydrogen-bond acceptors (Lipinski definition) is 4. The van der Waals surface area contributed by atoms with Crippen molar-refractivity contribution in [3.8, 4) is 22.5 Å². The molecule has 0 aliphatic carbocycles. The van der Waals surface area contributed by atoms with Crippen LogP contribution in [0.15, 0.2) is 73.1 Å². The number of H-pyrrole nitrogens is 1. The van der Waals surface area contributed by atoms with Crippen LogP contribution >= 0.6 is 11.6 Å². The summed E-state index contributed by atoms with van der Waals surface area (Å²) >= 11 is 5.92. The van der Waals surface area contributed by atoms with Crippen molar-refractivity contribution >= 4 is 23.5 Å². The average molecular weight is 418 g/mol. The zero-order chi connectivity index (χ0) is 20.9. The van der Waals surface area contributed by atoms with Crippen molar-refractivity contribution in [1.29, 1.82) is 0 Å². The number of hydrogen-bond donors (Lipinski definition) is 3. The predicted molar refractivity (Wildman–Crippen MR) is 119 cm³/mol. The highest BCUT2D eigenvalue weighted by atomic mass is 35.5. The first-order valence-electron chi connectivity index (χ1n) is 9.44. The minimum absolute atomic E-state index is 0.0542. The van der Waals surface area contributed by atoms with E-state index in [1.165, 1.54) is 0 Å². The van der Waals surface area contributed by atoms with E-state index in [2.05, 4.69) is 20.3 Å². The monoisotopic (exact) mass is 417 g/mol. The molecule has 0 atom stereocenters. The largest absolute Gasteiger partial charge is 0.369 e. The third kappa shape index (κ3) is 4.85. The van der Waals surface area contributed by atoms with Gasteiger partial charge in [0, 0.05) is 23.3 Å². The van der Waals surface area contributed by atoms with Gasteiger partial charge in [-0.2, -0.15) is 0 Å². The van der Waals surface area contributed by atoms with E-state index in [4.69, 9.17) is 17.3 Å². The van der Waals surface area contributed by atoms with Gasteiger partial charge in [-0.15, -0.1) is 0 Å². The standard InChI is InChI=1S/C23H20ClN5O/c24-19-8-6-17(7-9-19)20-10-3-16(13-26-20)11-22(30)27-12-15-1-4-18(5-2-15)21-14-28-23(25)29-21/h1-10,13-14H,11-12H2,(H,27,30)(H3,25,28,29). The lowest BCUT2D eigenvalue weighted by Gasteiger charge is -2.07. The molecule has 2 aromatic heterocycles. The molecule has 1 amide bonds. The Balaban J connectivity index is 1.31. The summed E-state index contributed by atoms with van der Waals surface area (Å²) < 4.78 is 0. The number of benzene rings is 2. The number of amides is 1. The van der Waals surface area contributed by atoms with E-state index in [1.54, 1.807) is 12.4 Å². The van der Waals surface area contributed by atoms with Crippen LogP contribution in [0.5, 0.6) is 0 Å². The van der Waals surface area contributed by atoms with Crippen molar-refractivity contribution in [3.63, 3.8) is 0 Å². The Morgan fingerprint density at radius 1 is 0.900 bits per heavy atom. The van der Waals surface area contributed by atoms with Crippen LogP contribution in [-0.2, 0) is 17.8 Å². The predicted octanol–water partition coefficient (Wildman–Crippen LogP) is 4.23. The number of aromatic amines is 1. The van der Waals surface area contributed by atoms with Gasteiger partial charge in [0.25, 0.3) is 0 Å². The second-order valence-corrected chi connectivity index (χ2v) is 7.33. The van der Waals surface area contributed by atoms with Crippen molar-refractivity contribution in [2.45, 2.75) is 13.0 Å². The van der Waals surface area contributed by atoms with E-state index in [1.807, 2.05) is 60.7 Å². The Morgan fingerprint density at radius 2 is 1.60 bits per heavy atom. The Kier molecular flexibility index (Phi) is 5.77. The van der Waals surface area contributed by atoms with Crippen LogP contribution in [0.25, 0.3) is 22.5 Å². The van der Waals surface area contributed by atoms with Crippen molar-refractivity contribution in [3.05, 3.63) is 89.2 Å². The number of nitrogens with two attached hydrogens (primary N) is 1. The molecule has 0 radical (unpaired) electrons. The van der Waals surface area contributed by atoms with Crippen molar-refractivity contribution < 1.29 is 4.79 Å². The van der Waals surface area contributed by atoms with Crippen LogP contribution in [-0.4, -0.2) is 20.9 Å². The first-order valence-corrected chi connectivity index (χ1v) is 9.82. The Morgan fingerprint density at radius 3 is 2.23 bits per heavy atom. The van der Waals surface area contributed by atoms with Gasteiger partial charge in [-0.25, -0.2) is 4.98 Å². The first-order chi connectivity index (χ1) is 14.6. The number of carbonyl (C=O) groups is 1. The summed E-state index contributed by atoms with van der Waals surface area (Å²) in [5.74, 6) is 0.332. The fraction of sp³-hybridized carbons (Fsp3) is 0.0870. The second kappa shape index (κ2) is 8.80. The van der Waals surface area contributed by atoms with E-state index < -0.39 is 0 Å². The smallest absolute Gasteiger partial charge is 0.224 e. The SMILES string of the molecule is Nc1ncc(-c2ccc(CNC(=O)Cc3ccc(-c4ccc(Cl)cc4)nc3)cc2)[nH]1. The van der Waals surface area contributed by atoms with Crippen LogP contribution in [0, 0.1) is 0 Å². The second-order valence-electron chi connectivity index (χ2n) is 6.89. The normalized spacial score (nSPS) is 10.7. The fourth-order valence-electron chi connectivity index (χ4n) is 3.05. The molecule has 0 saturated carbocycles. The minimum atomic E-state index is -0.0542. The van der Waals surface area contributed by atoms with E-state index >= 15 is 0 Å². The van der Waals surface area contributed by atoms with Crippen LogP contribution in [0.4, 0.5) is 5.95 Å². The fourth-order valence-corrected chi connectivity index (χ4v) is 3.18. The molecular formula is C23H20ClN5O. The molecule has 0 fully saturated rings. The molecule has 150 valence electrons. The molecule has 4 N–H and O–H groups in total. The molecule has 6 nitrogen and oxygen atoms in total. The molecule has 0 spiro atoms. The summed E-state index contributed by atoms with van der Waals surface area (Å²) in [5.41, 5.74) is 11.2. The highest BCUT2D eigenvalue weighted by Gasteiger charge is 2.06. The number of pyridine rings is 1. The molecule has 2 heterocycles. The van der Waals surface area contributed by atoms with Gasteiger partial charge >= 0.3 is 0 Å². The van der Waals surface area contributed by atoms with Gasteiger partial charge in [0.2, 0.25) is 5.91 Å². The highest BCUT2D eigenvalue weighted by Crippen LogP contribution is 2.20. The Hall–Kier alpha value is -3.64. The van der Waals surface area contributed by atoms with Crippen LogP contribution in [0.3, 0.4) is 0 Å². The molecule has 0 unspecified atom stereocenters. The van der Waals surface area contributed by atoms with E-state index in [-0.39, 0.29) is 12.3 Å². The lowest BCUT2D eigenvalue weighted by molar-refractivity contribution is -0.120. The van der Waals surface area contributed by atoms with Gasteiger partial charge in [-0.05, 0) is 34.9 Å². The number of rotatable bonds is 6. The van der Waals surface area contributed by atoms with Crippen LogP contribution < -0.4 is 11.1 Å². The number of anilines is 1. The topological polar surface area (TPSA) is 96.7 Å². The molecular weight excluding hydrogens is 398 g/mol. The van der Waals surface area contributed by atoms with Crippen molar-refractivity contribution in [2.75, 3.05) is 5.73 Å². The first kappa shape index (κ1) is 19.7. The number of nitrogen functional groups attached to an aromatic ring is 1. The summed E-state index contributed by atoms with van der Waals surface area (Å²) in [7, 11) is 0. The molecule has 4 aromatic rings. The molecule has 2 aromatic carbocycles. The quantitative estimate of drug-likeness (QED) is 0.437. The molecule has 7 heteroatoms. The van der Waals surface area contributed by atoms with E-state index in [9.17, 15) is 4.79 Å². The maximum atomic E-state index is 12.3. The molecule has 30 heavy (non-hydrogen) atoms. The highest BCUT2D eigenvalue weighted by molar-refractivity contribution is 6.30. The summed E-state index contributed by atoms with van der Waals surface area (Å²) in [4.78, 5) is 23.7.